The summed E-state index contributed by atoms with van der Waals surface area (Å²) in [6.07, 6.45) is 3.15. The lowest BCUT2D eigenvalue weighted by Crippen LogP contribution is -2.41. The van der Waals surface area contributed by atoms with Crippen LogP contribution in [0, 0.1) is 0 Å². The maximum absolute atomic E-state index is 13.2. The molecular weight excluding hydrogens is 406 g/mol. The number of nitrogens with zero attached hydrogens (tertiary/aromatic N) is 2. The number of carbonyl (C=O) groups excluding carboxylic acids is 2. The zero-order valence-corrected chi connectivity index (χ0v) is 18.3. The Balaban J connectivity index is 1.46. The monoisotopic (exact) mass is 433 g/mol. The fourth-order valence-corrected chi connectivity index (χ4v) is 3.86. The summed E-state index contributed by atoms with van der Waals surface area (Å²) in [5.74, 6) is 1.01. The Labute approximate surface area is 187 Å². The Morgan fingerprint density at radius 3 is 2.59 bits per heavy atom. The highest BCUT2D eigenvalue weighted by molar-refractivity contribution is 5.95. The fraction of sp³-hybridized carbons (Fsp3) is 0.280. The Morgan fingerprint density at radius 2 is 1.84 bits per heavy atom. The molecule has 1 atom stereocenters. The van der Waals surface area contributed by atoms with Crippen LogP contribution in [-0.2, 0) is 13.5 Å². The Kier molecular flexibility index (Phi) is 6.44. The van der Waals surface area contributed by atoms with Gasteiger partial charge in [-0.2, -0.15) is 0 Å². The first-order valence-electron chi connectivity index (χ1n) is 10.6. The zero-order valence-electron chi connectivity index (χ0n) is 18.3. The number of carbonyl (C=O) groups is 2. The van der Waals surface area contributed by atoms with Crippen molar-refractivity contribution in [2.45, 2.75) is 18.9 Å². The van der Waals surface area contributed by atoms with E-state index in [4.69, 9.17) is 9.47 Å². The van der Waals surface area contributed by atoms with E-state index in [1.807, 2.05) is 37.5 Å². The number of nitrogens with one attached hydrogen (secondary N) is 1. The molecule has 1 aliphatic heterocycles. The topological polar surface area (TPSA) is 72.8 Å². The molecule has 0 aliphatic carbocycles. The van der Waals surface area contributed by atoms with Crippen LogP contribution >= 0.6 is 0 Å². The fourth-order valence-electron chi connectivity index (χ4n) is 3.86. The van der Waals surface area contributed by atoms with Gasteiger partial charge in [0.25, 0.3) is 11.8 Å². The molecule has 3 aromatic rings. The second kappa shape index (κ2) is 9.60. The van der Waals surface area contributed by atoms with E-state index in [2.05, 4.69) is 17.4 Å². The van der Waals surface area contributed by atoms with Gasteiger partial charge in [-0.1, -0.05) is 30.3 Å². The van der Waals surface area contributed by atoms with E-state index in [0.717, 1.165) is 5.56 Å². The molecule has 0 radical (unpaired) electrons. The van der Waals surface area contributed by atoms with Crippen molar-refractivity contribution in [3.8, 4) is 11.5 Å². The van der Waals surface area contributed by atoms with Gasteiger partial charge in [0.05, 0.1) is 0 Å². The van der Waals surface area contributed by atoms with Gasteiger partial charge in [-0.15, -0.1) is 0 Å². The standard InChI is InChI=1S/C25H27N3O4/c1-27-14-6-9-21(27)24(29)26-13-12-20(15-18-7-4-3-5-8-18)28(2)25(30)19-10-11-22-23(16-19)32-17-31-22/h3-11,14,16,20H,12-13,15,17H2,1-2H3,(H,26,29). The summed E-state index contributed by atoms with van der Waals surface area (Å²) in [5.41, 5.74) is 2.29. The Hall–Kier alpha value is -3.74. The summed E-state index contributed by atoms with van der Waals surface area (Å²) in [6, 6.07) is 18.8. The lowest BCUT2D eigenvalue weighted by atomic mass is 10.0. The molecule has 0 saturated carbocycles. The smallest absolute Gasteiger partial charge is 0.267 e. The van der Waals surface area contributed by atoms with E-state index in [1.165, 1.54) is 0 Å². The molecule has 2 aromatic carbocycles. The minimum atomic E-state index is -0.124. The third-order valence-corrected chi connectivity index (χ3v) is 5.74. The van der Waals surface area contributed by atoms with Crippen LogP contribution in [0.15, 0.2) is 66.9 Å². The van der Waals surface area contributed by atoms with Gasteiger partial charge in [-0.25, -0.2) is 0 Å². The second-order valence-corrected chi connectivity index (χ2v) is 7.88. The number of rotatable bonds is 8. The number of hydrogen-bond donors (Lipinski definition) is 1. The molecule has 1 unspecified atom stereocenters. The molecule has 1 N–H and O–H groups in total. The average Bonchev–Trinajstić information content (AvgIpc) is 3.46. The predicted octanol–water partition coefficient (Wildman–Crippen LogP) is 3.26. The number of ether oxygens (including phenoxy) is 2. The minimum absolute atomic E-state index is 0.0935. The van der Waals surface area contributed by atoms with Crippen LogP contribution in [-0.4, -0.2) is 47.7 Å². The van der Waals surface area contributed by atoms with Gasteiger partial charge in [0.1, 0.15) is 5.69 Å². The van der Waals surface area contributed by atoms with Gasteiger partial charge in [0.2, 0.25) is 6.79 Å². The molecule has 1 aliphatic rings. The molecule has 2 heterocycles. The second-order valence-electron chi connectivity index (χ2n) is 7.88. The highest BCUT2D eigenvalue weighted by atomic mass is 16.7. The first-order chi connectivity index (χ1) is 15.5. The van der Waals surface area contributed by atoms with Gasteiger partial charge in [-0.05, 0) is 48.7 Å². The number of amides is 2. The van der Waals surface area contributed by atoms with E-state index in [0.29, 0.717) is 42.1 Å². The van der Waals surface area contributed by atoms with Crippen LogP contribution in [0.3, 0.4) is 0 Å². The summed E-state index contributed by atoms with van der Waals surface area (Å²) < 4.78 is 12.5. The molecule has 4 rings (SSSR count). The highest BCUT2D eigenvalue weighted by Gasteiger charge is 2.24. The van der Waals surface area contributed by atoms with Gasteiger partial charge < -0.3 is 24.3 Å². The van der Waals surface area contributed by atoms with Crippen LogP contribution in [0.2, 0.25) is 0 Å². The third-order valence-electron chi connectivity index (χ3n) is 5.74. The summed E-state index contributed by atoms with van der Waals surface area (Å²) in [4.78, 5) is 27.5. The Bertz CT molecular complexity index is 1090. The average molecular weight is 434 g/mol. The summed E-state index contributed by atoms with van der Waals surface area (Å²) in [5, 5.41) is 2.98. The van der Waals surface area contributed by atoms with E-state index in [9.17, 15) is 9.59 Å². The van der Waals surface area contributed by atoms with Crippen LogP contribution in [0.1, 0.15) is 32.8 Å². The van der Waals surface area contributed by atoms with Crippen molar-refractivity contribution in [3.63, 3.8) is 0 Å². The van der Waals surface area contributed by atoms with Gasteiger partial charge in [0.15, 0.2) is 11.5 Å². The first kappa shape index (κ1) is 21.5. The minimum Gasteiger partial charge on any atom is -0.454 e. The molecule has 0 spiro atoms. The predicted molar refractivity (Wildman–Crippen MR) is 121 cm³/mol. The van der Waals surface area contributed by atoms with Crippen molar-refractivity contribution >= 4 is 11.8 Å². The van der Waals surface area contributed by atoms with Crippen LogP contribution < -0.4 is 14.8 Å². The molecule has 166 valence electrons. The molecule has 2 amide bonds. The first-order valence-corrected chi connectivity index (χ1v) is 10.6. The quantitative estimate of drug-likeness (QED) is 0.592. The lowest BCUT2D eigenvalue weighted by molar-refractivity contribution is 0.0722. The molecule has 7 nitrogen and oxygen atoms in total. The van der Waals surface area contributed by atoms with Gasteiger partial charge in [0, 0.05) is 38.4 Å². The van der Waals surface area contributed by atoms with Gasteiger partial charge in [-0.3, -0.25) is 9.59 Å². The van der Waals surface area contributed by atoms with E-state index in [-0.39, 0.29) is 24.6 Å². The highest BCUT2D eigenvalue weighted by Crippen LogP contribution is 2.33. The number of benzene rings is 2. The molecule has 0 bridgehead atoms. The number of fused-ring (bicyclic) bond motifs is 1. The summed E-state index contributed by atoms with van der Waals surface area (Å²) >= 11 is 0. The van der Waals surface area contributed by atoms with Crippen molar-refractivity contribution in [1.82, 2.24) is 14.8 Å². The summed E-state index contributed by atoms with van der Waals surface area (Å²) in [7, 11) is 3.64. The van der Waals surface area contributed by atoms with Crippen LogP contribution in [0.5, 0.6) is 11.5 Å². The molecule has 0 saturated heterocycles. The largest absolute Gasteiger partial charge is 0.454 e. The van der Waals surface area contributed by atoms with Crippen molar-refractivity contribution < 1.29 is 19.1 Å². The molecular formula is C25H27N3O4. The number of likely N-dealkylation sites (N-methyl/N-ethyl adjacent to an activating group) is 1. The van der Waals surface area contributed by atoms with Crippen molar-refractivity contribution in [1.29, 1.82) is 0 Å². The maximum Gasteiger partial charge on any atom is 0.267 e. The maximum atomic E-state index is 13.2. The molecule has 32 heavy (non-hydrogen) atoms. The number of aromatic nitrogens is 1. The normalized spacial score (nSPS) is 12.9. The number of aryl methyl sites for hydroxylation is 1. The zero-order chi connectivity index (χ0) is 22.5. The van der Waals surface area contributed by atoms with E-state index < -0.39 is 0 Å². The molecule has 1 aromatic heterocycles. The summed E-state index contributed by atoms with van der Waals surface area (Å²) in [6.45, 7) is 0.626. The van der Waals surface area contributed by atoms with E-state index in [1.54, 1.807) is 40.8 Å². The third kappa shape index (κ3) is 4.77. The molecule has 0 fully saturated rings. The van der Waals surface area contributed by atoms with Crippen molar-refractivity contribution in [3.05, 3.63) is 83.7 Å². The van der Waals surface area contributed by atoms with E-state index >= 15 is 0 Å². The number of hydrogen-bond acceptors (Lipinski definition) is 4. The van der Waals surface area contributed by atoms with Crippen LogP contribution in [0.25, 0.3) is 0 Å². The SMILES string of the molecule is CN(C(=O)c1ccc2c(c1)OCO2)C(CCNC(=O)c1cccn1C)Cc1ccccc1. The van der Waals surface area contributed by atoms with Gasteiger partial charge >= 0.3 is 0 Å². The van der Waals surface area contributed by atoms with Crippen molar-refractivity contribution in [2.24, 2.45) is 7.05 Å². The Morgan fingerprint density at radius 1 is 1.06 bits per heavy atom. The lowest BCUT2D eigenvalue weighted by Gasteiger charge is -2.29. The van der Waals surface area contributed by atoms with Crippen molar-refractivity contribution in [2.75, 3.05) is 20.4 Å². The molecule has 7 heteroatoms. The van der Waals surface area contributed by atoms with Crippen LogP contribution in [0.4, 0.5) is 0 Å².